The number of nitrogens with zero attached hydrogens (tertiary/aromatic N) is 2. The molecule has 8 heteroatoms. The molecule has 0 bridgehead atoms. The van der Waals surface area contributed by atoms with E-state index in [0.717, 1.165) is 26.2 Å². The van der Waals surface area contributed by atoms with Crippen molar-refractivity contribution in [2.24, 2.45) is 0 Å². The molecular weight excluding hydrogens is 376 g/mol. The summed E-state index contributed by atoms with van der Waals surface area (Å²) in [6.45, 7) is 4.61. The van der Waals surface area contributed by atoms with Gasteiger partial charge in [-0.2, -0.15) is 11.3 Å². The summed E-state index contributed by atoms with van der Waals surface area (Å²) in [7, 11) is 5.31. The van der Waals surface area contributed by atoms with E-state index in [1.807, 2.05) is 0 Å². The van der Waals surface area contributed by atoms with Gasteiger partial charge >= 0.3 is 6.03 Å². The fourth-order valence-electron chi connectivity index (χ4n) is 3.30. The third-order valence-corrected chi connectivity index (χ3v) is 5.67. The third-order valence-electron chi connectivity index (χ3n) is 4.97. The number of piperazine rings is 1. The molecule has 28 heavy (non-hydrogen) atoms. The summed E-state index contributed by atoms with van der Waals surface area (Å²) >= 11 is 1.68. The fraction of sp³-hybridized carbons (Fsp3) is 0.450. The molecule has 1 aliphatic rings. The van der Waals surface area contributed by atoms with Gasteiger partial charge in [-0.15, -0.1) is 0 Å². The average Bonchev–Trinajstić information content (AvgIpc) is 3.23. The van der Waals surface area contributed by atoms with Gasteiger partial charge in [0.2, 0.25) is 0 Å². The fourth-order valence-corrected chi connectivity index (χ4v) is 4.01. The Balaban J connectivity index is 1.62. The highest BCUT2D eigenvalue weighted by molar-refractivity contribution is 7.07. The number of thiophene rings is 1. The second-order valence-corrected chi connectivity index (χ2v) is 7.63. The third kappa shape index (κ3) is 5.37. The Morgan fingerprint density at radius 2 is 1.82 bits per heavy atom. The largest absolute Gasteiger partial charge is 0.497 e. The number of likely N-dealkylation sites (N-methyl/N-ethyl adjacent to an activating group) is 1. The number of methoxy groups -OCH3 is 2. The quantitative estimate of drug-likeness (QED) is 0.743. The van der Waals surface area contributed by atoms with Crippen LogP contribution in [0.3, 0.4) is 0 Å². The van der Waals surface area contributed by atoms with Crippen molar-refractivity contribution in [3.63, 3.8) is 0 Å². The number of amides is 2. The summed E-state index contributed by atoms with van der Waals surface area (Å²) in [4.78, 5) is 17.3. The minimum atomic E-state index is -0.246. The van der Waals surface area contributed by atoms with Crippen molar-refractivity contribution in [3.8, 4) is 11.5 Å². The van der Waals surface area contributed by atoms with Gasteiger partial charge in [-0.25, -0.2) is 4.79 Å². The van der Waals surface area contributed by atoms with E-state index in [9.17, 15) is 4.79 Å². The van der Waals surface area contributed by atoms with Crippen molar-refractivity contribution in [3.05, 3.63) is 40.6 Å². The monoisotopic (exact) mass is 404 g/mol. The van der Waals surface area contributed by atoms with Crippen LogP contribution in [0.15, 0.2) is 35.0 Å². The minimum Gasteiger partial charge on any atom is -0.497 e. The van der Waals surface area contributed by atoms with Crippen LogP contribution in [-0.4, -0.2) is 69.8 Å². The van der Waals surface area contributed by atoms with Gasteiger partial charge in [0.15, 0.2) is 0 Å². The molecule has 7 nitrogen and oxygen atoms in total. The molecule has 2 heterocycles. The SMILES string of the molecule is COc1cc(NC(=O)NC[C@@H](c2ccsc2)N2CCN(C)CC2)cc(OC)c1. The summed E-state index contributed by atoms with van der Waals surface area (Å²) in [6.07, 6.45) is 0. The van der Waals surface area contributed by atoms with Crippen LogP contribution in [0.2, 0.25) is 0 Å². The molecule has 1 fully saturated rings. The zero-order valence-corrected chi connectivity index (χ0v) is 17.4. The van der Waals surface area contributed by atoms with Gasteiger partial charge in [0.25, 0.3) is 0 Å². The standard InChI is InChI=1S/C20H28N4O3S/c1-23-5-7-24(8-6-23)19(15-4-9-28-14-15)13-21-20(25)22-16-10-17(26-2)12-18(11-16)27-3/h4,9-12,14,19H,5-8,13H2,1-3H3,(H2,21,22,25)/t19-/m0/s1. The predicted octanol–water partition coefficient (Wildman–Crippen LogP) is 2.88. The highest BCUT2D eigenvalue weighted by Gasteiger charge is 2.24. The molecule has 0 unspecified atom stereocenters. The topological polar surface area (TPSA) is 66.1 Å². The van der Waals surface area contributed by atoms with Crippen molar-refractivity contribution in [1.82, 2.24) is 15.1 Å². The first-order chi connectivity index (χ1) is 13.6. The van der Waals surface area contributed by atoms with E-state index in [4.69, 9.17) is 9.47 Å². The van der Waals surface area contributed by atoms with E-state index in [0.29, 0.717) is 23.7 Å². The van der Waals surface area contributed by atoms with Crippen LogP contribution in [0.5, 0.6) is 11.5 Å². The van der Waals surface area contributed by atoms with E-state index in [-0.39, 0.29) is 12.1 Å². The summed E-state index contributed by atoms with van der Waals surface area (Å²) in [5.74, 6) is 1.26. The molecule has 0 saturated carbocycles. The Morgan fingerprint density at radius 1 is 1.14 bits per heavy atom. The van der Waals surface area contributed by atoms with Crippen LogP contribution in [0, 0.1) is 0 Å². The lowest BCUT2D eigenvalue weighted by Crippen LogP contribution is -2.48. The van der Waals surface area contributed by atoms with Gasteiger partial charge < -0.3 is 25.0 Å². The van der Waals surface area contributed by atoms with Crippen molar-refractivity contribution in [1.29, 1.82) is 0 Å². The van der Waals surface area contributed by atoms with Gasteiger partial charge in [-0.05, 0) is 29.4 Å². The molecule has 1 aromatic heterocycles. The molecule has 2 amide bonds. The van der Waals surface area contributed by atoms with Crippen LogP contribution in [0.1, 0.15) is 11.6 Å². The first-order valence-electron chi connectivity index (χ1n) is 9.31. The maximum Gasteiger partial charge on any atom is 0.319 e. The maximum absolute atomic E-state index is 12.5. The van der Waals surface area contributed by atoms with Gasteiger partial charge in [-0.1, -0.05) is 0 Å². The van der Waals surface area contributed by atoms with E-state index in [1.165, 1.54) is 5.56 Å². The molecule has 152 valence electrons. The second-order valence-electron chi connectivity index (χ2n) is 6.85. The number of urea groups is 1. The Hall–Kier alpha value is -2.29. The number of rotatable bonds is 7. The number of benzene rings is 1. The number of carbonyl (C=O) groups excluding carboxylic acids is 1. The number of hydrogen-bond acceptors (Lipinski definition) is 6. The minimum absolute atomic E-state index is 0.172. The second kappa shape index (κ2) is 9.77. The Kier molecular flexibility index (Phi) is 7.13. The van der Waals surface area contributed by atoms with Gasteiger partial charge in [0.1, 0.15) is 11.5 Å². The van der Waals surface area contributed by atoms with Crippen LogP contribution < -0.4 is 20.1 Å². The van der Waals surface area contributed by atoms with Gasteiger partial charge in [0, 0.05) is 56.6 Å². The maximum atomic E-state index is 12.5. The molecule has 0 aliphatic carbocycles. The van der Waals surface area contributed by atoms with E-state index >= 15 is 0 Å². The summed E-state index contributed by atoms with van der Waals surface area (Å²) in [6, 6.07) is 7.36. The Labute approximate surface area is 170 Å². The molecule has 1 aromatic carbocycles. The number of ether oxygens (including phenoxy) is 2. The lowest BCUT2D eigenvalue weighted by Gasteiger charge is -2.37. The number of hydrogen-bond donors (Lipinski definition) is 2. The molecule has 0 radical (unpaired) electrons. The smallest absolute Gasteiger partial charge is 0.319 e. The first kappa shape index (κ1) is 20.4. The molecule has 1 atom stereocenters. The van der Waals surface area contributed by atoms with E-state index in [1.54, 1.807) is 43.8 Å². The van der Waals surface area contributed by atoms with Crippen molar-refractivity contribution in [2.75, 3.05) is 59.3 Å². The Bertz CT molecular complexity index is 739. The van der Waals surface area contributed by atoms with Crippen LogP contribution >= 0.6 is 11.3 Å². The summed E-state index contributed by atoms with van der Waals surface area (Å²) < 4.78 is 10.5. The van der Waals surface area contributed by atoms with Crippen LogP contribution in [-0.2, 0) is 0 Å². The molecule has 0 spiro atoms. The first-order valence-corrected chi connectivity index (χ1v) is 10.3. The molecule has 1 saturated heterocycles. The number of nitrogens with one attached hydrogen (secondary N) is 2. The molecule has 2 N–H and O–H groups in total. The highest BCUT2D eigenvalue weighted by Crippen LogP contribution is 2.26. The lowest BCUT2D eigenvalue weighted by atomic mass is 10.1. The predicted molar refractivity (Wildman–Crippen MR) is 113 cm³/mol. The molecule has 3 rings (SSSR count). The van der Waals surface area contributed by atoms with Crippen LogP contribution in [0.4, 0.5) is 10.5 Å². The van der Waals surface area contributed by atoms with Crippen molar-refractivity contribution >= 4 is 23.1 Å². The average molecular weight is 405 g/mol. The summed E-state index contributed by atoms with van der Waals surface area (Å²) in [5.41, 5.74) is 1.87. The van der Waals surface area contributed by atoms with Crippen molar-refractivity contribution < 1.29 is 14.3 Å². The highest BCUT2D eigenvalue weighted by atomic mass is 32.1. The van der Waals surface area contributed by atoms with E-state index in [2.05, 4.69) is 44.3 Å². The lowest BCUT2D eigenvalue weighted by molar-refractivity contribution is 0.111. The normalized spacial score (nSPS) is 16.4. The zero-order chi connectivity index (χ0) is 19.9. The summed E-state index contributed by atoms with van der Waals surface area (Å²) in [5, 5.41) is 10.1. The molecule has 1 aliphatic heterocycles. The Morgan fingerprint density at radius 3 is 2.39 bits per heavy atom. The number of anilines is 1. The van der Waals surface area contributed by atoms with Gasteiger partial charge in [-0.3, -0.25) is 4.90 Å². The van der Waals surface area contributed by atoms with Crippen LogP contribution in [0.25, 0.3) is 0 Å². The van der Waals surface area contributed by atoms with Gasteiger partial charge in [0.05, 0.1) is 20.3 Å². The molecular formula is C20H28N4O3S. The van der Waals surface area contributed by atoms with E-state index < -0.39 is 0 Å². The number of carbonyl (C=O) groups is 1. The van der Waals surface area contributed by atoms with Crippen molar-refractivity contribution in [2.45, 2.75) is 6.04 Å². The molecule has 2 aromatic rings. The zero-order valence-electron chi connectivity index (χ0n) is 16.6.